The van der Waals surface area contributed by atoms with Crippen molar-refractivity contribution in [3.05, 3.63) is 64.3 Å². The zero-order chi connectivity index (χ0) is 22.1. The van der Waals surface area contributed by atoms with Crippen LogP contribution in [0.5, 0.6) is 0 Å². The van der Waals surface area contributed by atoms with E-state index in [-0.39, 0.29) is 5.91 Å². The molecule has 0 spiro atoms. The van der Waals surface area contributed by atoms with Gasteiger partial charge in [0.15, 0.2) is 0 Å². The van der Waals surface area contributed by atoms with E-state index in [0.29, 0.717) is 22.3 Å². The number of benzene rings is 1. The zero-order valence-corrected chi connectivity index (χ0v) is 19.1. The molecule has 3 heterocycles. The molecule has 3 aromatic heterocycles. The van der Waals surface area contributed by atoms with Crippen LogP contribution in [0.1, 0.15) is 64.5 Å². The summed E-state index contributed by atoms with van der Waals surface area (Å²) >= 11 is 1.49. The topological polar surface area (TPSA) is 80.7 Å². The summed E-state index contributed by atoms with van der Waals surface area (Å²) in [5.41, 5.74) is 4.91. The van der Waals surface area contributed by atoms with Gasteiger partial charge in [0, 0.05) is 17.5 Å². The van der Waals surface area contributed by atoms with Crippen LogP contribution in [0.3, 0.4) is 0 Å². The summed E-state index contributed by atoms with van der Waals surface area (Å²) < 4.78 is 0. The van der Waals surface area contributed by atoms with E-state index in [2.05, 4.69) is 26.6 Å². The summed E-state index contributed by atoms with van der Waals surface area (Å²) in [5.74, 6) is 0.264. The first kappa shape index (κ1) is 20.7. The molecular formula is C25H25N5OS. The molecule has 1 amide bonds. The Morgan fingerprint density at radius 1 is 1.03 bits per heavy atom. The van der Waals surface area contributed by atoms with Gasteiger partial charge in [-0.3, -0.25) is 15.1 Å². The molecule has 1 aliphatic carbocycles. The van der Waals surface area contributed by atoms with E-state index in [9.17, 15) is 4.79 Å². The molecule has 0 saturated heterocycles. The van der Waals surface area contributed by atoms with E-state index in [1.54, 1.807) is 6.20 Å². The van der Waals surface area contributed by atoms with Crippen molar-refractivity contribution in [2.75, 3.05) is 5.32 Å². The number of nitrogens with one attached hydrogen (secondary N) is 1. The molecule has 0 unspecified atom stereocenters. The number of anilines is 1. The number of amides is 1. The van der Waals surface area contributed by atoms with E-state index in [0.717, 1.165) is 45.6 Å². The summed E-state index contributed by atoms with van der Waals surface area (Å²) in [5, 5.41) is 14.0. The van der Waals surface area contributed by atoms with Crippen LogP contribution < -0.4 is 5.32 Å². The Kier molecular flexibility index (Phi) is 5.66. The van der Waals surface area contributed by atoms with Crippen molar-refractivity contribution < 1.29 is 4.79 Å². The lowest BCUT2D eigenvalue weighted by Crippen LogP contribution is -2.13. The molecule has 162 valence electrons. The molecule has 5 rings (SSSR count). The predicted molar refractivity (Wildman–Crippen MR) is 128 cm³/mol. The third-order valence-corrected chi connectivity index (χ3v) is 7.04. The number of fused-ring (bicyclic) bond motifs is 1. The van der Waals surface area contributed by atoms with Crippen LogP contribution in [-0.4, -0.2) is 26.1 Å². The number of pyridine rings is 2. The normalized spacial score (nSPS) is 14.6. The molecule has 32 heavy (non-hydrogen) atoms. The Morgan fingerprint density at radius 3 is 2.66 bits per heavy atom. The quantitative estimate of drug-likeness (QED) is 0.414. The molecule has 7 heteroatoms. The summed E-state index contributed by atoms with van der Waals surface area (Å²) in [6.07, 6.45) is 7.82. The molecule has 0 aliphatic heterocycles. The van der Waals surface area contributed by atoms with Gasteiger partial charge in [-0.05, 0) is 56.5 Å². The fourth-order valence-corrected chi connectivity index (χ4v) is 5.39. The minimum absolute atomic E-state index is 0.203. The van der Waals surface area contributed by atoms with Gasteiger partial charge in [0.05, 0.1) is 22.5 Å². The first-order chi connectivity index (χ1) is 15.6. The number of carbonyl (C=O) groups is 1. The molecular weight excluding hydrogens is 418 g/mol. The smallest absolute Gasteiger partial charge is 0.258 e. The monoisotopic (exact) mass is 443 g/mol. The van der Waals surface area contributed by atoms with Gasteiger partial charge in [0.1, 0.15) is 5.01 Å². The Morgan fingerprint density at radius 2 is 1.88 bits per heavy atom. The lowest BCUT2D eigenvalue weighted by atomic mass is 9.90. The van der Waals surface area contributed by atoms with Crippen molar-refractivity contribution in [1.29, 1.82) is 0 Å². The van der Waals surface area contributed by atoms with Crippen molar-refractivity contribution in [3.8, 4) is 11.4 Å². The Bertz CT molecular complexity index is 1280. The van der Waals surface area contributed by atoms with Crippen LogP contribution in [0.4, 0.5) is 5.13 Å². The summed E-state index contributed by atoms with van der Waals surface area (Å²) in [6.45, 7) is 4.05. The highest BCUT2D eigenvalue weighted by Gasteiger charge is 2.22. The van der Waals surface area contributed by atoms with E-state index in [1.807, 2.05) is 44.2 Å². The van der Waals surface area contributed by atoms with Gasteiger partial charge in [0.2, 0.25) is 5.13 Å². The van der Waals surface area contributed by atoms with E-state index in [4.69, 9.17) is 4.98 Å². The van der Waals surface area contributed by atoms with Gasteiger partial charge < -0.3 is 0 Å². The summed E-state index contributed by atoms with van der Waals surface area (Å²) in [6, 6.07) is 11.6. The molecule has 1 aromatic carbocycles. The SMILES string of the molecule is Cc1cc(C)c2nc(-c3ccccn3)cc(C(=O)Nc3nnc(C4CCCCC4)s3)c2c1. The predicted octanol–water partition coefficient (Wildman–Crippen LogP) is 6.07. The van der Waals surface area contributed by atoms with Crippen LogP contribution >= 0.6 is 11.3 Å². The first-order valence-corrected chi connectivity index (χ1v) is 11.9. The number of carbonyl (C=O) groups excluding carboxylic acids is 1. The van der Waals surface area contributed by atoms with Crippen molar-refractivity contribution in [2.45, 2.75) is 51.9 Å². The highest BCUT2D eigenvalue weighted by Crippen LogP contribution is 2.35. The number of aryl methyl sites for hydroxylation is 2. The first-order valence-electron chi connectivity index (χ1n) is 11.1. The number of hydrogen-bond acceptors (Lipinski definition) is 6. The highest BCUT2D eigenvalue weighted by molar-refractivity contribution is 7.15. The average molecular weight is 444 g/mol. The van der Waals surface area contributed by atoms with E-state index < -0.39 is 0 Å². The molecule has 1 fully saturated rings. The third kappa shape index (κ3) is 4.12. The van der Waals surface area contributed by atoms with Crippen molar-refractivity contribution in [1.82, 2.24) is 20.2 Å². The maximum Gasteiger partial charge on any atom is 0.258 e. The second-order valence-electron chi connectivity index (χ2n) is 8.48. The highest BCUT2D eigenvalue weighted by atomic mass is 32.1. The Labute approximate surface area is 191 Å². The summed E-state index contributed by atoms with van der Waals surface area (Å²) in [7, 11) is 0. The van der Waals surface area contributed by atoms with Crippen LogP contribution in [0.2, 0.25) is 0 Å². The Balaban J connectivity index is 1.52. The molecule has 4 aromatic rings. The molecule has 1 saturated carbocycles. The standard InChI is InChI=1S/C25H25N5OS/c1-15-12-16(2)22-18(13-15)19(14-21(27-22)20-10-6-7-11-26-20)23(31)28-25-30-29-24(32-25)17-8-4-3-5-9-17/h6-7,10-14,17H,3-5,8-9H2,1-2H3,(H,28,30,31). The van der Waals surface area contributed by atoms with Crippen molar-refractivity contribution in [2.24, 2.45) is 0 Å². The van der Waals surface area contributed by atoms with Gasteiger partial charge in [-0.1, -0.05) is 48.3 Å². The number of aromatic nitrogens is 4. The third-order valence-electron chi connectivity index (χ3n) is 6.04. The minimum atomic E-state index is -0.203. The van der Waals surface area contributed by atoms with Crippen LogP contribution in [0, 0.1) is 13.8 Å². The largest absolute Gasteiger partial charge is 0.296 e. The zero-order valence-electron chi connectivity index (χ0n) is 18.3. The van der Waals surface area contributed by atoms with Gasteiger partial charge in [-0.25, -0.2) is 4.98 Å². The molecule has 1 aliphatic rings. The molecule has 0 atom stereocenters. The fourth-order valence-electron chi connectivity index (χ4n) is 4.48. The maximum absolute atomic E-state index is 13.4. The van der Waals surface area contributed by atoms with E-state index in [1.165, 1.54) is 30.6 Å². The molecule has 0 bridgehead atoms. The van der Waals surface area contributed by atoms with Crippen molar-refractivity contribution >= 4 is 33.3 Å². The van der Waals surface area contributed by atoms with Crippen LogP contribution in [-0.2, 0) is 0 Å². The van der Waals surface area contributed by atoms with Gasteiger partial charge in [-0.15, -0.1) is 10.2 Å². The number of rotatable bonds is 4. The minimum Gasteiger partial charge on any atom is -0.296 e. The van der Waals surface area contributed by atoms with Crippen LogP contribution in [0.15, 0.2) is 42.6 Å². The average Bonchev–Trinajstić information content (AvgIpc) is 3.28. The molecule has 0 radical (unpaired) electrons. The Hall–Kier alpha value is -3.19. The van der Waals surface area contributed by atoms with Gasteiger partial charge in [0.25, 0.3) is 5.91 Å². The summed E-state index contributed by atoms with van der Waals surface area (Å²) in [4.78, 5) is 22.7. The van der Waals surface area contributed by atoms with E-state index >= 15 is 0 Å². The number of hydrogen-bond donors (Lipinski definition) is 1. The van der Waals surface area contributed by atoms with Crippen molar-refractivity contribution in [3.63, 3.8) is 0 Å². The maximum atomic E-state index is 13.4. The second-order valence-corrected chi connectivity index (χ2v) is 9.49. The number of nitrogens with zero attached hydrogens (tertiary/aromatic N) is 4. The van der Waals surface area contributed by atoms with Gasteiger partial charge in [-0.2, -0.15) is 0 Å². The molecule has 6 nitrogen and oxygen atoms in total. The molecule has 1 N–H and O–H groups in total. The fraction of sp³-hybridized carbons (Fsp3) is 0.320. The van der Waals surface area contributed by atoms with Gasteiger partial charge >= 0.3 is 0 Å². The lowest BCUT2D eigenvalue weighted by Gasteiger charge is -2.18. The second kappa shape index (κ2) is 8.74. The van der Waals surface area contributed by atoms with Crippen LogP contribution in [0.25, 0.3) is 22.3 Å². The lowest BCUT2D eigenvalue weighted by molar-refractivity contribution is 0.102.